The maximum Gasteiger partial charge on any atom is 0.295 e. The van der Waals surface area contributed by atoms with Crippen LogP contribution in [0.5, 0.6) is 0 Å². The van der Waals surface area contributed by atoms with Gasteiger partial charge in [-0.1, -0.05) is 42.5 Å². The van der Waals surface area contributed by atoms with Crippen molar-refractivity contribution in [1.29, 1.82) is 0 Å². The highest BCUT2D eigenvalue weighted by atomic mass is 16.4. The zero-order chi connectivity index (χ0) is 21.1. The Morgan fingerprint density at radius 3 is 2.24 bits per heavy atom. The first kappa shape index (κ1) is 20.1. The van der Waals surface area contributed by atoms with Gasteiger partial charge in [-0.05, 0) is 17.7 Å². The van der Waals surface area contributed by atoms with Gasteiger partial charge in [0, 0.05) is 44.3 Å². The fourth-order valence-corrected chi connectivity index (χ4v) is 3.38. The highest BCUT2D eigenvalue weighted by Gasteiger charge is 2.45. The van der Waals surface area contributed by atoms with Gasteiger partial charge >= 0.3 is 0 Å². The van der Waals surface area contributed by atoms with Gasteiger partial charge in [0.15, 0.2) is 0 Å². The Morgan fingerprint density at radius 2 is 1.69 bits per heavy atom. The van der Waals surface area contributed by atoms with Crippen molar-refractivity contribution in [3.8, 4) is 0 Å². The number of likely N-dealkylation sites (tertiary alicyclic amines) is 1. The lowest BCUT2D eigenvalue weighted by Gasteiger charge is -2.26. The molecule has 1 heterocycles. The van der Waals surface area contributed by atoms with Crippen LogP contribution < -0.4 is 10.0 Å². The minimum absolute atomic E-state index is 0.0582. The number of aliphatic carboxylic acids is 1. The summed E-state index contributed by atoms with van der Waals surface area (Å²) in [7, 11) is 3.77. The molecule has 0 unspecified atom stereocenters. The maximum atomic E-state index is 12.8. The van der Waals surface area contributed by atoms with E-state index in [2.05, 4.69) is 0 Å². The summed E-state index contributed by atoms with van der Waals surface area (Å²) in [6.07, 6.45) is -0.412. The number of aliphatic hydroxyl groups is 1. The molecule has 1 saturated heterocycles. The monoisotopic (exact) mass is 393 g/mol. The fraction of sp³-hybridized carbons (Fsp3) is 0.227. The van der Waals surface area contributed by atoms with Gasteiger partial charge in [0.1, 0.15) is 5.76 Å². The number of hydrogen-bond donors (Lipinski definition) is 1. The largest absolute Gasteiger partial charge is 0.550 e. The van der Waals surface area contributed by atoms with Crippen LogP contribution in [-0.2, 0) is 14.4 Å². The van der Waals surface area contributed by atoms with E-state index in [1.807, 2.05) is 31.1 Å². The number of benzene rings is 2. The molecule has 1 amide bonds. The van der Waals surface area contributed by atoms with E-state index in [1.165, 1.54) is 4.90 Å². The molecule has 2 aromatic carbocycles. The Kier molecular flexibility index (Phi) is 5.68. The van der Waals surface area contributed by atoms with Crippen LogP contribution in [0.1, 0.15) is 23.6 Å². The number of carboxylic acids is 1. The maximum absolute atomic E-state index is 12.8. The molecule has 2 aromatic rings. The summed E-state index contributed by atoms with van der Waals surface area (Å²) in [5.41, 5.74) is 1.87. The van der Waals surface area contributed by atoms with Crippen molar-refractivity contribution in [2.75, 3.05) is 25.5 Å². The second-order valence-corrected chi connectivity index (χ2v) is 6.97. The average molecular weight is 393 g/mol. The van der Waals surface area contributed by atoms with E-state index in [1.54, 1.807) is 42.5 Å². The van der Waals surface area contributed by atoms with Gasteiger partial charge in [0.2, 0.25) is 0 Å². The van der Waals surface area contributed by atoms with E-state index >= 15 is 0 Å². The van der Waals surface area contributed by atoms with E-state index in [-0.39, 0.29) is 17.9 Å². The van der Waals surface area contributed by atoms with Gasteiger partial charge < -0.3 is 24.8 Å². The van der Waals surface area contributed by atoms with Crippen molar-refractivity contribution in [3.63, 3.8) is 0 Å². The van der Waals surface area contributed by atoms with Crippen molar-refractivity contribution >= 4 is 29.1 Å². The molecule has 0 radical (unpaired) electrons. The number of nitrogens with zero attached hydrogens (tertiary/aromatic N) is 2. The number of amides is 1. The van der Waals surface area contributed by atoms with Gasteiger partial charge in [-0.15, -0.1) is 0 Å². The number of carbonyl (C=O) groups is 3. The summed E-state index contributed by atoms with van der Waals surface area (Å²) in [4.78, 5) is 39.4. The minimum Gasteiger partial charge on any atom is -0.550 e. The average Bonchev–Trinajstić information content (AvgIpc) is 2.97. The van der Waals surface area contributed by atoms with Crippen LogP contribution >= 0.6 is 0 Å². The summed E-state index contributed by atoms with van der Waals surface area (Å²) >= 11 is 0. The minimum atomic E-state index is -1.32. The molecule has 0 spiro atoms. The zero-order valence-electron chi connectivity index (χ0n) is 16.2. The molecule has 29 heavy (non-hydrogen) atoms. The van der Waals surface area contributed by atoms with Crippen molar-refractivity contribution in [2.45, 2.75) is 12.5 Å². The molecule has 1 aliphatic rings. The van der Waals surface area contributed by atoms with Crippen LogP contribution in [0.4, 0.5) is 5.69 Å². The predicted octanol–water partition coefficient (Wildman–Crippen LogP) is 1.31. The first-order valence-electron chi connectivity index (χ1n) is 9.12. The predicted molar refractivity (Wildman–Crippen MR) is 106 cm³/mol. The highest BCUT2D eigenvalue weighted by molar-refractivity contribution is 6.46. The van der Waals surface area contributed by atoms with Crippen LogP contribution in [0.25, 0.3) is 5.76 Å². The number of hydrogen-bond acceptors (Lipinski definition) is 6. The Hall–Kier alpha value is -3.61. The second-order valence-electron chi connectivity index (χ2n) is 6.97. The Morgan fingerprint density at radius 1 is 1.07 bits per heavy atom. The Labute approximate surface area is 168 Å². The molecule has 1 fully saturated rings. The van der Waals surface area contributed by atoms with Gasteiger partial charge in [0.25, 0.3) is 11.7 Å². The molecule has 0 aromatic heterocycles. The number of aliphatic hydroxyl groups excluding tert-OH is 1. The molecular weight excluding hydrogens is 372 g/mol. The van der Waals surface area contributed by atoms with Crippen molar-refractivity contribution in [3.05, 3.63) is 71.3 Å². The molecule has 1 aliphatic heterocycles. The van der Waals surface area contributed by atoms with Gasteiger partial charge in [-0.2, -0.15) is 0 Å². The van der Waals surface area contributed by atoms with Crippen molar-refractivity contribution in [1.82, 2.24) is 4.90 Å². The third-order valence-corrected chi connectivity index (χ3v) is 4.87. The third-order valence-electron chi connectivity index (χ3n) is 4.87. The van der Waals surface area contributed by atoms with Gasteiger partial charge in [0.05, 0.1) is 11.6 Å². The van der Waals surface area contributed by atoms with Crippen LogP contribution in [0.15, 0.2) is 60.2 Å². The van der Waals surface area contributed by atoms with Gasteiger partial charge in [-0.25, -0.2) is 0 Å². The van der Waals surface area contributed by atoms with E-state index in [0.717, 1.165) is 5.69 Å². The lowest BCUT2D eigenvalue weighted by Crippen LogP contribution is -2.34. The summed E-state index contributed by atoms with van der Waals surface area (Å²) in [6, 6.07) is 14.8. The van der Waals surface area contributed by atoms with Crippen LogP contribution in [0.2, 0.25) is 0 Å². The summed E-state index contributed by atoms with van der Waals surface area (Å²) < 4.78 is 0. The molecule has 1 N–H and O–H groups in total. The fourth-order valence-electron chi connectivity index (χ4n) is 3.38. The SMILES string of the molecule is CN(C)c1ccc([C@@H]2C(=C(O)c3ccccc3)C(=O)C(=O)N2CCC(=O)[O-])cc1. The lowest BCUT2D eigenvalue weighted by molar-refractivity contribution is -0.305. The quantitative estimate of drug-likeness (QED) is 0.451. The summed E-state index contributed by atoms with van der Waals surface area (Å²) in [6.45, 7) is -0.196. The zero-order valence-corrected chi connectivity index (χ0v) is 16.2. The van der Waals surface area contributed by atoms with E-state index in [4.69, 9.17) is 0 Å². The highest BCUT2D eigenvalue weighted by Crippen LogP contribution is 2.39. The molecule has 0 aliphatic carbocycles. The van der Waals surface area contributed by atoms with Crippen molar-refractivity contribution < 1.29 is 24.6 Å². The first-order chi connectivity index (χ1) is 13.8. The standard InChI is InChI=1S/C22H22N2O5/c1-23(2)16-10-8-14(9-11-16)19-18(20(27)15-6-4-3-5-7-15)21(28)22(29)24(19)13-12-17(25)26/h3-11,19,27H,12-13H2,1-2H3,(H,25,26)/p-1/t19-/m1/s1. The van der Waals surface area contributed by atoms with Gasteiger partial charge in [-0.3, -0.25) is 9.59 Å². The first-order valence-corrected chi connectivity index (χ1v) is 9.12. The number of Topliss-reactive ketones (excluding diaryl/α,β-unsaturated/α-hetero) is 1. The lowest BCUT2D eigenvalue weighted by atomic mass is 9.95. The molecule has 0 saturated carbocycles. The number of carboxylic acid groups (broad SMARTS) is 1. The molecule has 1 atom stereocenters. The number of carbonyl (C=O) groups excluding carboxylic acids is 3. The molecule has 3 rings (SSSR count). The Bertz CT molecular complexity index is 964. The van der Waals surface area contributed by atoms with E-state index in [0.29, 0.717) is 11.1 Å². The van der Waals surface area contributed by atoms with E-state index in [9.17, 15) is 24.6 Å². The molecular formula is C22H21N2O5-. The summed E-state index contributed by atoms with van der Waals surface area (Å²) in [5, 5.41) is 21.8. The van der Waals surface area contributed by atoms with Crippen LogP contribution in [0, 0.1) is 0 Å². The third kappa shape index (κ3) is 3.99. The number of ketones is 1. The molecule has 150 valence electrons. The molecule has 7 heteroatoms. The number of anilines is 1. The second kappa shape index (κ2) is 8.18. The number of rotatable bonds is 6. The van der Waals surface area contributed by atoms with Crippen molar-refractivity contribution in [2.24, 2.45) is 0 Å². The Balaban J connectivity index is 2.13. The van der Waals surface area contributed by atoms with Crippen LogP contribution in [-0.4, -0.2) is 48.3 Å². The van der Waals surface area contributed by atoms with E-state index < -0.39 is 30.1 Å². The van der Waals surface area contributed by atoms with Crippen LogP contribution in [0.3, 0.4) is 0 Å². The molecule has 7 nitrogen and oxygen atoms in total. The molecule has 0 bridgehead atoms. The normalized spacial score (nSPS) is 18.1. The summed E-state index contributed by atoms with van der Waals surface area (Å²) in [5.74, 6) is -3.30. The smallest absolute Gasteiger partial charge is 0.295 e. The topological polar surface area (TPSA) is 101 Å².